The van der Waals surface area contributed by atoms with E-state index in [2.05, 4.69) is 15.3 Å². The van der Waals surface area contributed by atoms with Crippen molar-refractivity contribution in [3.05, 3.63) is 53.8 Å². The second kappa shape index (κ2) is 9.71. The smallest absolute Gasteiger partial charge is 0.387 e. The predicted octanol–water partition coefficient (Wildman–Crippen LogP) is 3.68. The van der Waals surface area contributed by atoms with Gasteiger partial charge in [0.05, 0.1) is 19.1 Å². The molecule has 2 rings (SSSR count). The summed E-state index contributed by atoms with van der Waals surface area (Å²) in [6, 6.07) is 10.3. The van der Waals surface area contributed by atoms with Gasteiger partial charge in [0.15, 0.2) is 11.5 Å². The highest BCUT2D eigenvalue weighted by atomic mass is 32.2. The van der Waals surface area contributed by atoms with Crippen LogP contribution in [-0.4, -0.2) is 31.6 Å². The Morgan fingerprint density at radius 2 is 2.04 bits per heavy atom. The number of amides is 1. The summed E-state index contributed by atoms with van der Waals surface area (Å²) < 4.78 is 47.3. The molecule has 0 aliphatic heterocycles. The lowest BCUT2D eigenvalue weighted by molar-refractivity contribution is -0.118. The number of hydrazone groups is 1. The van der Waals surface area contributed by atoms with Crippen LogP contribution in [0.2, 0.25) is 0 Å². The molecule has 0 aliphatic carbocycles. The van der Waals surface area contributed by atoms with E-state index in [1.165, 1.54) is 37.6 Å². The van der Waals surface area contributed by atoms with Gasteiger partial charge in [-0.2, -0.15) is 13.9 Å². The molecule has 0 aliphatic rings. The van der Waals surface area contributed by atoms with Crippen molar-refractivity contribution in [2.75, 3.05) is 12.9 Å². The van der Waals surface area contributed by atoms with Crippen LogP contribution in [0.3, 0.4) is 0 Å². The van der Waals surface area contributed by atoms with E-state index >= 15 is 0 Å². The maximum atomic E-state index is 13.4. The molecule has 0 aromatic heterocycles. The number of carbonyl (C=O) groups is 1. The topological polar surface area (TPSA) is 59.9 Å². The lowest BCUT2D eigenvalue weighted by Crippen LogP contribution is -2.19. The van der Waals surface area contributed by atoms with Crippen LogP contribution in [0.25, 0.3) is 0 Å². The highest BCUT2D eigenvalue weighted by Crippen LogP contribution is 2.28. The fourth-order valence-electron chi connectivity index (χ4n) is 1.87. The summed E-state index contributed by atoms with van der Waals surface area (Å²) in [7, 11) is 1.32. The summed E-state index contributed by atoms with van der Waals surface area (Å²) in [4.78, 5) is 12.1. The lowest BCUT2D eigenvalue weighted by atomic mass is 10.2. The average Bonchev–Trinajstić information content (AvgIpc) is 2.61. The van der Waals surface area contributed by atoms with Gasteiger partial charge in [-0.3, -0.25) is 4.79 Å². The minimum Gasteiger partial charge on any atom is -0.493 e. The fourth-order valence-corrected chi connectivity index (χ4v) is 2.61. The summed E-state index contributed by atoms with van der Waals surface area (Å²) in [5.74, 6) is -0.824. The van der Waals surface area contributed by atoms with Crippen molar-refractivity contribution in [3.63, 3.8) is 0 Å². The summed E-state index contributed by atoms with van der Waals surface area (Å²) in [6.07, 6.45) is 1.32. The first-order valence-corrected chi connectivity index (χ1v) is 8.30. The molecule has 5 nitrogen and oxygen atoms in total. The molecule has 138 valence electrons. The molecule has 0 spiro atoms. The minimum absolute atomic E-state index is 0.0112. The number of hydrogen-bond acceptors (Lipinski definition) is 5. The van der Waals surface area contributed by atoms with Gasteiger partial charge in [-0.1, -0.05) is 12.1 Å². The van der Waals surface area contributed by atoms with Crippen LogP contribution < -0.4 is 14.9 Å². The zero-order valence-corrected chi connectivity index (χ0v) is 14.4. The molecule has 0 bridgehead atoms. The molecule has 1 amide bonds. The first kappa shape index (κ1) is 19.6. The molecule has 0 saturated carbocycles. The SMILES string of the molecule is COc1cc(/C=N\NC(=O)CSc2ccccc2F)ccc1OC(F)F. The number of carbonyl (C=O) groups excluding carboxylic acids is 1. The molecule has 0 heterocycles. The third kappa shape index (κ3) is 5.99. The molecule has 0 unspecified atom stereocenters. The maximum Gasteiger partial charge on any atom is 0.387 e. The number of thioether (sulfide) groups is 1. The van der Waals surface area contributed by atoms with Crippen LogP contribution in [0.5, 0.6) is 11.5 Å². The second-order valence-electron chi connectivity index (χ2n) is 4.80. The largest absolute Gasteiger partial charge is 0.493 e. The number of benzene rings is 2. The van der Waals surface area contributed by atoms with Crippen molar-refractivity contribution in [1.82, 2.24) is 5.43 Å². The predicted molar refractivity (Wildman–Crippen MR) is 92.5 cm³/mol. The molecule has 0 saturated heterocycles. The van der Waals surface area contributed by atoms with Gasteiger partial charge in [-0.25, -0.2) is 9.82 Å². The maximum absolute atomic E-state index is 13.4. The zero-order valence-electron chi connectivity index (χ0n) is 13.6. The molecule has 26 heavy (non-hydrogen) atoms. The number of nitrogens with one attached hydrogen (secondary N) is 1. The van der Waals surface area contributed by atoms with Gasteiger partial charge in [0.2, 0.25) is 5.91 Å². The zero-order chi connectivity index (χ0) is 18.9. The van der Waals surface area contributed by atoms with Gasteiger partial charge in [0.25, 0.3) is 0 Å². The van der Waals surface area contributed by atoms with Gasteiger partial charge in [0, 0.05) is 4.90 Å². The van der Waals surface area contributed by atoms with Crippen molar-refractivity contribution in [2.24, 2.45) is 5.10 Å². The van der Waals surface area contributed by atoms with Gasteiger partial charge >= 0.3 is 6.61 Å². The second-order valence-corrected chi connectivity index (χ2v) is 5.82. The fraction of sp³-hybridized carbons (Fsp3) is 0.176. The first-order chi connectivity index (χ1) is 12.5. The van der Waals surface area contributed by atoms with E-state index in [-0.39, 0.29) is 17.3 Å². The molecule has 0 radical (unpaired) electrons. The summed E-state index contributed by atoms with van der Waals surface area (Å²) in [5.41, 5.74) is 2.81. The van der Waals surface area contributed by atoms with Crippen LogP contribution in [-0.2, 0) is 4.79 Å². The number of alkyl halides is 2. The highest BCUT2D eigenvalue weighted by Gasteiger charge is 2.10. The van der Waals surface area contributed by atoms with Crippen molar-refractivity contribution in [3.8, 4) is 11.5 Å². The normalized spacial score (nSPS) is 11.0. The number of hydrogen-bond donors (Lipinski definition) is 1. The van der Waals surface area contributed by atoms with Crippen molar-refractivity contribution in [2.45, 2.75) is 11.5 Å². The molecule has 0 fully saturated rings. The van der Waals surface area contributed by atoms with E-state index in [4.69, 9.17) is 4.74 Å². The Balaban J connectivity index is 1.89. The molecule has 1 N–H and O–H groups in total. The van der Waals surface area contributed by atoms with E-state index in [0.717, 1.165) is 11.8 Å². The van der Waals surface area contributed by atoms with Gasteiger partial charge in [0.1, 0.15) is 5.82 Å². The van der Waals surface area contributed by atoms with Crippen molar-refractivity contribution in [1.29, 1.82) is 0 Å². The Labute approximate surface area is 152 Å². The Morgan fingerprint density at radius 3 is 2.73 bits per heavy atom. The van der Waals surface area contributed by atoms with E-state index in [1.807, 2.05) is 0 Å². The van der Waals surface area contributed by atoms with Crippen LogP contribution >= 0.6 is 11.8 Å². The van der Waals surface area contributed by atoms with E-state index in [1.54, 1.807) is 18.2 Å². The van der Waals surface area contributed by atoms with E-state index in [0.29, 0.717) is 10.5 Å². The standard InChI is InChI=1S/C17H15F3N2O3S/c1-24-14-8-11(6-7-13(14)25-17(19)20)9-21-22-16(23)10-26-15-5-3-2-4-12(15)18/h2-9,17H,10H2,1H3,(H,22,23)/b21-9-. The molecule has 0 atom stereocenters. The highest BCUT2D eigenvalue weighted by molar-refractivity contribution is 8.00. The lowest BCUT2D eigenvalue weighted by Gasteiger charge is -2.09. The molecular formula is C17H15F3N2O3S. The van der Waals surface area contributed by atoms with Crippen LogP contribution in [0.1, 0.15) is 5.56 Å². The Bertz CT molecular complexity index is 788. The van der Waals surface area contributed by atoms with Crippen molar-refractivity contribution >= 4 is 23.9 Å². The number of ether oxygens (including phenoxy) is 2. The number of rotatable bonds is 8. The van der Waals surface area contributed by atoms with E-state index < -0.39 is 18.3 Å². The third-order valence-electron chi connectivity index (χ3n) is 3.00. The third-order valence-corrected chi connectivity index (χ3v) is 4.05. The Kier molecular flexibility index (Phi) is 7.34. The summed E-state index contributed by atoms with van der Waals surface area (Å²) in [5, 5.41) is 3.77. The molecular weight excluding hydrogens is 369 g/mol. The monoisotopic (exact) mass is 384 g/mol. The van der Waals surface area contributed by atoms with Crippen molar-refractivity contribution < 1.29 is 27.4 Å². The van der Waals surface area contributed by atoms with E-state index in [9.17, 15) is 18.0 Å². The first-order valence-electron chi connectivity index (χ1n) is 7.31. The Morgan fingerprint density at radius 1 is 1.27 bits per heavy atom. The van der Waals surface area contributed by atoms with Gasteiger partial charge in [-0.15, -0.1) is 11.8 Å². The molecule has 9 heteroatoms. The number of halogens is 3. The minimum atomic E-state index is -2.96. The summed E-state index contributed by atoms with van der Waals surface area (Å²) in [6.45, 7) is -2.96. The molecule has 2 aromatic rings. The van der Waals surface area contributed by atoms with Crippen LogP contribution in [0.15, 0.2) is 52.5 Å². The van der Waals surface area contributed by atoms with Crippen LogP contribution in [0.4, 0.5) is 13.2 Å². The van der Waals surface area contributed by atoms with Gasteiger partial charge < -0.3 is 9.47 Å². The quantitative estimate of drug-likeness (QED) is 0.429. The number of methoxy groups -OCH3 is 1. The number of nitrogens with zero attached hydrogens (tertiary/aromatic N) is 1. The summed E-state index contributed by atoms with van der Waals surface area (Å²) >= 11 is 1.05. The van der Waals surface area contributed by atoms with Crippen LogP contribution in [0, 0.1) is 5.82 Å². The molecule has 2 aromatic carbocycles. The Hall–Kier alpha value is -2.68. The average molecular weight is 384 g/mol. The van der Waals surface area contributed by atoms with Gasteiger partial charge in [-0.05, 0) is 35.9 Å².